The fourth-order valence-electron chi connectivity index (χ4n) is 1.97. The van der Waals surface area contributed by atoms with Crippen molar-refractivity contribution in [2.75, 3.05) is 6.61 Å². The second kappa shape index (κ2) is 6.63. The lowest BCUT2D eigenvalue weighted by Crippen LogP contribution is -2.08. The quantitative estimate of drug-likeness (QED) is 0.846. The highest BCUT2D eigenvalue weighted by Crippen LogP contribution is 2.32. The van der Waals surface area contributed by atoms with Gasteiger partial charge in [0.1, 0.15) is 11.9 Å². The second-order valence-corrected chi connectivity index (χ2v) is 4.55. The van der Waals surface area contributed by atoms with Crippen LogP contribution >= 0.6 is 0 Å². The maximum absolute atomic E-state index is 13.8. The Labute approximate surface area is 120 Å². The van der Waals surface area contributed by atoms with Crippen LogP contribution < -0.4 is 4.74 Å². The van der Waals surface area contributed by atoms with E-state index in [0.717, 1.165) is 18.6 Å². The zero-order valence-corrected chi connectivity index (χ0v) is 11.4. The van der Waals surface area contributed by atoms with E-state index in [9.17, 15) is 18.3 Å². The first-order valence-corrected chi connectivity index (χ1v) is 6.59. The third-order valence-corrected chi connectivity index (χ3v) is 3.03. The summed E-state index contributed by atoms with van der Waals surface area (Å²) in [5.41, 5.74) is -0.0303. The molecule has 2 nitrogen and oxygen atoms in total. The molecule has 0 aliphatic heterocycles. The van der Waals surface area contributed by atoms with E-state index in [2.05, 4.69) is 0 Å². The first-order valence-electron chi connectivity index (χ1n) is 6.59. The number of para-hydroxylation sites is 1. The zero-order valence-electron chi connectivity index (χ0n) is 11.4. The summed E-state index contributed by atoms with van der Waals surface area (Å²) in [6.45, 7) is 2.36. The Balaban J connectivity index is 2.41. The van der Waals surface area contributed by atoms with E-state index in [-0.39, 0.29) is 5.56 Å². The normalized spacial score (nSPS) is 12.2. The summed E-state index contributed by atoms with van der Waals surface area (Å²) in [4.78, 5) is 0. The van der Waals surface area contributed by atoms with E-state index in [1.165, 1.54) is 0 Å². The minimum absolute atomic E-state index is 0.302. The molecule has 5 heteroatoms. The Bertz CT molecular complexity index is 629. The van der Waals surface area contributed by atoms with E-state index >= 15 is 0 Å². The van der Waals surface area contributed by atoms with Crippen LogP contribution in [0.1, 0.15) is 30.6 Å². The largest absolute Gasteiger partial charge is 0.493 e. The summed E-state index contributed by atoms with van der Waals surface area (Å²) in [5, 5.41) is 10.3. The molecule has 112 valence electrons. The van der Waals surface area contributed by atoms with Crippen LogP contribution in [0.3, 0.4) is 0 Å². The molecule has 1 unspecified atom stereocenters. The monoisotopic (exact) mass is 296 g/mol. The van der Waals surface area contributed by atoms with Crippen LogP contribution in [-0.4, -0.2) is 11.7 Å². The molecule has 1 N–H and O–H groups in total. The van der Waals surface area contributed by atoms with Gasteiger partial charge in [0.2, 0.25) is 0 Å². The highest BCUT2D eigenvalue weighted by molar-refractivity contribution is 5.40. The van der Waals surface area contributed by atoms with Crippen molar-refractivity contribution in [1.29, 1.82) is 0 Å². The predicted molar refractivity (Wildman–Crippen MR) is 72.6 cm³/mol. The van der Waals surface area contributed by atoms with Gasteiger partial charge in [-0.25, -0.2) is 13.2 Å². The average molecular weight is 296 g/mol. The maximum atomic E-state index is 13.8. The van der Waals surface area contributed by atoms with Crippen molar-refractivity contribution in [3.8, 4) is 5.75 Å². The molecule has 0 aliphatic rings. The van der Waals surface area contributed by atoms with Gasteiger partial charge in [0, 0.05) is 11.1 Å². The minimum Gasteiger partial charge on any atom is -0.493 e. The van der Waals surface area contributed by atoms with Crippen molar-refractivity contribution in [1.82, 2.24) is 0 Å². The predicted octanol–water partition coefficient (Wildman–Crippen LogP) is 3.97. The molecule has 2 aromatic rings. The number of rotatable bonds is 5. The van der Waals surface area contributed by atoms with E-state index in [4.69, 9.17) is 4.74 Å². The Morgan fingerprint density at radius 1 is 1.00 bits per heavy atom. The molecule has 0 amide bonds. The summed E-state index contributed by atoms with van der Waals surface area (Å²) in [5.74, 6) is -3.90. The number of aliphatic hydroxyl groups is 1. The van der Waals surface area contributed by atoms with E-state index in [0.29, 0.717) is 17.9 Å². The molecule has 0 fully saturated rings. The number of hydrogen-bond acceptors (Lipinski definition) is 2. The van der Waals surface area contributed by atoms with E-state index < -0.39 is 23.6 Å². The van der Waals surface area contributed by atoms with Gasteiger partial charge in [-0.2, -0.15) is 0 Å². The molecular formula is C16H15F3O2. The highest BCUT2D eigenvalue weighted by Gasteiger charge is 2.22. The fourth-order valence-corrected chi connectivity index (χ4v) is 1.97. The average Bonchev–Trinajstić information content (AvgIpc) is 2.50. The smallest absolute Gasteiger partial charge is 0.194 e. The molecule has 0 saturated heterocycles. The van der Waals surface area contributed by atoms with Gasteiger partial charge in [-0.05, 0) is 18.6 Å². The standard InChI is InChI=1S/C16H15F3O2/c1-2-9-21-13-6-4-3-5-10(13)16(20)11-7-8-12(17)15(19)14(11)18/h3-8,16,20H,2,9H2,1H3. The molecule has 0 aliphatic carbocycles. The molecule has 2 rings (SSSR count). The Hall–Kier alpha value is -2.01. The van der Waals surface area contributed by atoms with Gasteiger partial charge in [-0.1, -0.05) is 31.2 Å². The molecule has 0 heterocycles. The Kier molecular flexibility index (Phi) is 4.85. The van der Waals surface area contributed by atoms with Crippen molar-refractivity contribution < 1.29 is 23.0 Å². The lowest BCUT2D eigenvalue weighted by atomic mass is 10.00. The molecule has 0 aromatic heterocycles. The molecule has 0 bridgehead atoms. The van der Waals surface area contributed by atoms with Gasteiger partial charge < -0.3 is 9.84 Å². The van der Waals surface area contributed by atoms with Crippen LogP contribution in [0.4, 0.5) is 13.2 Å². The summed E-state index contributed by atoms with van der Waals surface area (Å²) in [6.07, 6.45) is -0.669. The Morgan fingerprint density at radius 3 is 2.43 bits per heavy atom. The number of hydrogen-bond donors (Lipinski definition) is 1. The Morgan fingerprint density at radius 2 is 1.71 bits per heavy atom. The third-order valence-electron chi connectivity index (χ3n) is 3.03. The third kappa shape index (κ3) is 3.19. The van der Waals surface area contributed by atoms with Crippen molar-refractivity contribution in [2.45, 2.75) is 19.4 Å². The molecule has 2 aromatic carbocycles. The molecule has 1 atom stereocenters. The fraction of sp³-hybridized carbons (Fsp3) is 0.250. The summed E-state index contributed by atoms with van der Waals surface area (Å²) in [6, 6.07) is 8.35. The second-order valence-electron chi connectivity index (χ2n) is 4.55. The molecule has 0 spiro atoms. The molecule has 0 saturated carbocycles. The first kappa shape index (κ1) is 15.4. The summed E-state index contributed by atoms with van der Waals surface area (Å²) >= 11 is 0. The van der Waals surface area contributed by atoms with E-state index in [1.54, 1.807) is 24.3 Å². The number of ether oxygens (including phenoxy) is 1. The van der Waals surface area contributed by atoms with Gasteiger partial charge in [-0.3, -0.25) is 0 Å². The SMILES string of the molecule is CCCOc1ccccc1C(O)c1ccc(F)c(F)c1F. The van der Waals surface area contributed by atoms with Crippen LogP contribution in [0.15, 0.2) is 36.4 Å². The van der Waals surface area contributed by atoms with Crippen molar-refractivity contribution >= 4 is 0 Å². The van der Waals surface area contributed by atoms with Crippen LogP contribution in [0.25, 0.3) is 0 Å². The van der Waals surface area contributed by atoms with E-state index in [1.807, 2.05) is 6.92 Å². The van der Waals surface area contributed by atoms with Crippen LogP contribution in [-0.2, 0) is 0 Å². The topological polar surface area (TPSA) is 29.5 Å². The molecule has 21 heavy (non-hydrogen) atoms. The zero-order chi connectivity index (χ0) is 15.4. The number of halogens is 3. The number of benzene rings is 2. The van der Waals surface area contributed by atoms with Gasteiger partial charge in [0.05, 0.1) is 6.61 Å². The van der Waals surface area contributed by atoms with Crippen molar-refractivity contribution in [2.24, 2.45) is 0 Å². The van der Waals surface area contributed by atoms with Crippen molar-refractivity contribution in [3.05, 3.63) is 65.0 Å². The summed E-state index contributed by atoms with van der Waals surface area (Å²) in [7, 11) is 0. The molecule has 0 radical (unpaired) electrons. The molecular weight excluding hydrogens is 281 g/mol. The minimum atomic E-state index is -1.60. The van der Waals surface area contributed by atoms with Gasteiger partial charge >= 0.3 is 0 Å². The highest BCUT2D eigenvalue weighted by atomic mass is 19.2. The maximum Gasteiger partial charge on any atom is 0.194 e. The lowest BCUT2D eigenvalue weighted by Gasteiger charge is -2.17. The first-order chi connectivity index (χ1) is 10.1. The van der Waals surface area contributed by atoms with Crippen LogP contribution in [0.2, 0.25) is 0 Å². The van der Waals surface area contributed by atoms with Gasteiger partial charge in [-0.15, -0.1) is 0 Å². The summed E-state index contributed by atoms with van der Waals surface area (Å²) < 4.78 is 45.5. The number of aliphatic hydroxyl groups excluding tert-OH is 1. The van der Waals surface area contributed by atoms with Gasteiger partial charge in [0.15, 0.2) is 17.5 Å². The van der Waals surface area contributed by atoms with Gasteiger partial charge in [0.25, 0.3) is 0 Å². The van der Waals surface area contributed by atoms with Crippen LogP contribution in [0.5, 0.6) is 5.75 Å². The van der Waals surface area contributed by atoms with Crippen molar-refractivity contribution in [3.63, 3.8) is 0 Å². The van der Waals surface area contributed by atoms with Crippen LogP contribution in [0, 0.1) is 17.5 Å². The lowest BCUT2D eigenvalue weighted by molar-refractivity contribution is 0.204.